The third kappa shape index (κ3) is 5.95. The minimum Gasteiger partial charge on any atom is -0.377 e. The van der Waals surface area contributed by atoms with Gasteiger partial charge in [0.15, 0.2) is 0 Å². The van der Waals surface area contributed by atoms with E-state index in [-0.39, 0.29) is 9.79 Å². The van der Waals surface area contributed by atoms with Crippen LogP contribution in [0.25, 0.3) is 21.5 Å². The molecule has 0 fully saturated rings. The topological polar surface area (TPSA) is 124 Å². The number of para-hydroxylation sites is 1. The summed E-state index contributed by atoms with van der Waals surface area (Å²) in [4.78, 5) is 1.74. The molecule has 0 aliphatic carbocycles. The summed E-state index contributed by atoms with van der Waals surface area (Å²) in [6, 6.07) is 29.9. The summed E-state index contributed by atoms with van der Waals surface area (Å²) < 4.78 is 64.3. The largest absolute Gasteiger partial charge is 0.377 e. The molecule has 0 aliphatic rings. The maximum atomic E-state index is 11.6. The van der Waals surface area contributed by atoms with Gasteiger partial charge in [-0.25, -0.2) is 0 Å². The lowest BCUT2D eigenvalue weighted by molar-refractivity contribution is 0.482. The molecule has 0 atom stereocenters. The Labute approximate surface area is 221 Å². The number of fused-ring (bicyclic) bond motifs is 2. The minimum absolute atomic E-state index is 0.0568. The molecule has 0 radical (unpaired) electrons. The van der Waals surface area contributed by atoms with Gasteiger partial charge in [0, 0.05) is 47.3 Å². The minimum atomic E-state index is -4.28. The molecular weight excluding hydrogens is 524 g/mol. The highest BCUT2D eigenvalue weighted by Gasteiger charge is 2.17. The fraction of sp³-hybridized carbons (Fsp3) is 0.0714. The van der Waals surface area contributed by atoms with Crippen molar-refractivity contribution in [1.29, 1.82) is 0 Å². The fourth-order valence-electron chi connectivity index (χ4n) is 4.18. The number of anilines is 3. The van der Waals surface area contributed by atoms with Crippen molar-refractivity contribution in [2.24, 2.45) is 0 Å². The Hall–Kier alpha value is -3.96. The molecule has 0 bridgehead atoms. The molecule has 3 N–H and O–H groups in total. The van der Waals surface area contributed by atoms with Crippen molar-refractivity contribution in [3.63, 3.8) is 0 Å². The molecule has 0 unspecified atom stereocenters. The summed E-state index contributed by atoms with van der Waals surface area (Å²) in [6.45, 7) is 0. The quantitative estimate of drug-likeness (QED) is 0.228. The lowest BCUT2D eigenvalue weighted by Crippen LogP contribution is -2.09. The Bertz CT molecular complexity index is 1820. The Morgan fingerprint density at radius 3 is 1.79 bits per heavy atom. The van der Waals surface area contributed by atoms with Gasteiger partial charge in [0.25, 0.3) is 20.2 Å². The van der Waals surface area contributed by atoms with E-state index in [1.807, 2.05) is 67.5 Å². The highest BCUT2D eigenvalue weighted by Crippen LogP contribution is 2.32. The number of hydrogen-bond donors (Lipinski definition) is 3. The first-order valence-corrected chi connectivity index (χ1v) is 14.3. The first-order chi connectivity index (χ1) is 18.0. The van der Waals surface area contributed by atoms with Gasteiger partial charge < -0.3 is 10.2 Å². The molecule has 10 heteroatoms. The first-order valence-electron chi connectivity index (χ1n) is 11.4. The Kier molecular flexibility index (Phi) is 7.70. The monoisotopic (exact) mass is 550 g/mol. The summed E-state index contributed by atoms with van der Waals surface area (Å²) in [5, 5.41) is 5.73. The molecule has 0 heterocycles. The Morgan fingerprint density at radius 1 is 0.605 bits per heavy atom. The third-order valence-corrected chi connectivity index (χ3v) is 7.62. The molecule has 8 nitrogen and oxygen atoms in total. The molecule has 38 heavy (non-hydrogen) atoms. The van der Waals surface area contributed by atoms with Gasteiger partial charge >= 0.3 is 0 Å². The standard InChI is InChI=1S/C16H13NO3S.C12H13NO3S/c18-21(19,20)15-11-5-7-12-6-4-10-14(16(12)15)17-13-8-2-1-3-9-13;1-13(2)11-7-3-6-10-9(11)5-4-8-12(10)17(14,15)16/h1-11,17H,(H,18,19,20);3-8H,1-2H3,(H,14,15,16). The summed E-state index contributed by atoms with van der Waals surface area (Å²) in [7, 11) is -4.71. The van der Waals surface area contributed by atoms with Crippen molar-refractivity contribution in [2.75, 3.05) is 24.3 Å². The van der Waals surface area contributed by atoms with Crippen LogP contribution in [-0.4, -0.2) is 40.0 Å². The summed E-state index contributed by atoms with van der Waals surface area (Å²) in [5.41, 5.74) is 2.38. The van der Waals surface area contributed by atoms with Gasteiger partial charge in [-0.05, 0) is 41.8 Å². The molecule has 5 aromatic carbocycles. The molecule has 0 saturated heterocycles. The molecule has 196 valence electrons. The van der Waals surface area contributed by atoms with E-state index in [9.17, 15) is 25.9 Å². The lowest BCUT2D eigenvalue weighted by Gasteiger charge is -2.16. The Balaban J connectivity index is 0.000000181. The van der Waals surface area contributed by atoms with Gasteiger partial charge in [0.1, 0.15) is 9.79 Å². The number of nitrogens with zero attached hydrogens (tertiary/aromatic N) is 1. The predicted octanol–water partition coefficient (Wildman–Crippen LogP) is 5.98. The molecule has 0 saturated carbocycles. The molecule has 0 amide bonds. The van der Waals surface area contributed by atoms with Gasteiger partial charge in [0.2, 0.25) is 0 Å². The number of rotatable bonds is 5. The number of nitrogens with one attached hydrogen (secondary N) is 1. The van der Waals surface area contributed by atoms with Crippen LogP contribution >= 0.6 is 0 Å². The van der Waals surface area contributed by atoms with E-state index in [4.69, 9.17) is 0 Å². The van der Waals surface area contributed by atoms with Crippen molar-refractivity contribution in [3.05, 3.63) is 103 Å². The second-order valence-electron chi connectivity index (χ2n) is 8.62. The first kappa shape index (κ1) is 27.1. The molecule has 0 aliphatic heterocycles. The summed E-state index contributed by atoms with van der Waals surface area (Å²) >= 11 is 0. The highest BCUT2D eigenvalue weighted by molar-refractivity contribution is 7.86. The van der Waals surface area contributed by atoms with Gasteiger partial charge in [-0.1, -0.05) is 66.7 Å². The van der Waals surface area contributed by atoms with Crippen LogP contribution in [0.2, 0.25) is 0 Å². The molecule has 5 aromatic rings. The predicted molar refractivity (Wildman–Crippen MR) is 152 cm³/mol. The Morgan fingerprint density at radius 2 is 1.16 bits per heavy atom. The zero-order valence-electron chi connectivity index (χ0n) is 20.6. The van der Waals surface area contributed by atoms with Crippen LogP contribution in [0.1, 0.15) is 0 Å². The maximum absolute atomic E-state index is 11.6. The van der Waals surface area contributed by atoms with Gasteiger partial charge in [-0.3, -0.25) is 9.11 Å². The van der Waals surface area contributed by atoms with Crippen LogP contribution in [-0.2, 0) is 20.2 Å². The highest BCUT2D eigenvalue weighted by atomic mass is 32.2. The fourth-order valence-corrected chi connectivity index (χ4v) is 5.62. The molecular formula is C28H26N2O6S2. The lowest BCUT2D eigenvalue weighted by atomic mass is 10.1. The van der Waals surface area contributed by atoms with Crippen LogP contribution in [0.3, 0.4) is 0 Å². The molecule has 0 aromatic heterocycles. The van der Waals surface area contributed by atoms with Crippen molar-refractivity contribution in [1.82, 2.24) is 0 Å². The van der Waals surface area contributed by atoms with Crippen LogP contribution < -0.4 is 10.2 Å². The average Bonchev–Trinajstić information content (AvgIpc) is 2.87. The molecule has 5 rings (SSSR count). The SMILES string of the molecule is CN(C)c1cccc2c(S(=O)(=O)O)cccc12.O=S(=O)(O)c1cccc2cccc(Nc3ccccc3)c12. The maximum Gasteiger partial charge on any atom is 0.295 e. The second kappa shape index (κ2) is 10.8. The zero-order chi connectivity index (χ0) is 27.5. The average molecular weight is 551 g/mol. The van der Waals surface area contributed by atoms with Crippen LogP contribution in [0.4, 0.5) is 17.1 Å². The van der Waals surface area contributed by atoms with Gasteiger partial charge in [-0.2, -0.15) is 16.8 Å². The van der Waals surface area contributed by atoms with E-state index in [1.165, 1.54) is 12.1 Å². The van der Waals surface area contributed by atoms with Crippen LogP contribution in [0.5, 0.6) is 0 Å². The smallest absolute Gasteiger partial charge is 0.295 e. The number of benzene rings is 5. The summed E-state index contributed by atoms with van der Waals surface area (Å²) in [6.07, 6.45) is 0. The van der Waals surface area contributed by atoms with E-state index in [2.05, 4.69) is 5.32 Å². The van der Waals surface area contributed by atoms with E-state index in [0.717, 1.165) is 22.1 Å². The van der Waals surface area contributed by atoms with Crippen molar-refractivity contribution >= 4 is 58.8 Å². The van der Waals surface area contributed by atoms with E-state index in [0.29, 0.717) is 16.5 Å². The second-order valence-corrected chi connectivity index (χ2v) is 11.4. The van der Waals surface area contributed by atoms with Crippen LogP contribution in [0.15, 0.2) is 113 Å². The van der Waals surface area contributed by atoms with Gasteiger partial charge in [0.05, 0.1) is 0 Å². The van der Waals surface area contributed by atoms with Crippen LogP contribution in [0, 0.1) is 0 Å². The summed E-state index contributed by atoms with van der Waals surface area (Å²) in [5.74, 6) is 0. The van der Waals surface area contributed by atoms with E-state index in [1.54, 1.807) is 42.5 Å². The van der Waals surface area contributed by atoms with Crippen molar-refractivity contribution in [2.45, 2.75) is 9.79 Å². The van der Waals surface area contributed by atoms with Crippen molar-refractivity contribution < 1.29 is 25.9 Å². The normalized spacial score (nSPS) is 11.6. The van der Waals surface area contributed by atoms with Crippen molar-refractivity contribution in [3.8, 4) is 0 Å². The van der Waals surface area contributed by atoms with Gasteiger partial charge in [-0.15, -0.1) is 0 Å². The van der Waals surface area contributed by atoms with E-state index < -0.39 is 20.2 Å². The third-order valence-electron chi connectivity index (χ3n) is 5.82. The van der Waals surface area contributed by atoms with E-state index >= 15 is 0 Å². The number of hydrogen-bond acceptors (Lipinski definition) is 6. The molecule has 0 spiro atoms. The zero-order valence-corrected chi connectivity index (χ0v) is 22.2.